The molecule has 0 aromatic heterocycles. The van der Waals surface area contributed by atoms with E-state index < -0.39 is 41.1 Å². The second-order valence-corrected chi connectivity index (χ2v) is 7.40. The number of amides is 3. The average molecular weight is 369 g/mol. The van der Waals surface area contributed by atoms with Gasteiger partial charge in [-0.3, -0.25) is 18.8 Å². The van der Waals surface area contributed by atoms with Gasteiger partial charge in [-0.05, 0) is 18.6 Å². The predicted octanol–water partition coefficient (Wildman–Crippen LogP) is -0.144. The fraction of sp³-hybridized carbons (Fsp3) is 0.400. The van der Waals surface area contributed by atoms with Crippen molar-refractivity contribution in [3.63, 3.8) is 0 Å². The smallest absolute Gasteiger partial charge is 0.327 e. The van der Waals surface area contributed by atoms with Crippen LogP contribution in [0.5, 0.6) is 0 Å². The van der Waals surface area contributed by atoms with Crippen molar-refractivity contribution in [2.45, 2.75) is 6.92 Å². The lowest BCUT2D eigenvalue weighted by Crippen LogP contribution is -2.39. The maximum absolute atomic E-state index is 12.0. The number of nitrogens with zero attached hydrogens (tertiary/aromatic N) is 2. The number of nitrogens with one attached hydrogen (secondary N) is 1. The molecule has 0 unspecified atom stereocenters. The number of aryl methyl sites for hydroxylation is 1. The molecule has 25 heavy (non-hydrogen) atoms. The van der Waals surface area contributed by atoms with E-state index in [0.717, 1.165) is 15.5 Å². The van der Waals surface area contributed by atoms with Crippen LogP contribution in [0.3, 0.4) is 0 Å². The van der Waals surface area contributed by atoms with Crippen LogP contribution in [0, 0.1) is 6.92 Å². The van der Waals surface area contributed by atoms with Crippen LogP contribution >= 0.6 is 0 Å². The Hall–Kier alpha value is -2.62. The highest BCUT2D eigenvalue weighted by Gasteiger charge is 2.28. The molecule has 10 heteroatoms. The van der Waals surface area contributed by atoms with E-state index in [2.05, 4.69) is 5.32 Å². The molecule has 0 aliphatic carbocycles. The molecule has 2 rings (SSSR count). The largest absolute Gasteiger partial charge is 0.454 e. The summed E-state index contributed by atoms with van der Waals surface area (Å²) in [7, 11) is -3.73. The van der Waals surface area contributed by atoms with Crippen LogP contribution in [-0.2, 0) is 24.3 Å². The van der Waals surface area contributed by atoms with Gasteiger partial charge in [0.15, 0.2) is 6.61 Å². The first-order valence-electron chi connectivity index (χ1n) is 7.47. The molecule has 1 heterocycles. The Morgan fingerprint density at radius 3 is 2.56 bits per heavy atom. The normalized spacial score (nSPS) is 14.2. The van der Waals surface area contributed by atoms with Crippen LogP contribution in [0.2, 0.25) is 0 Å². The van der Waals surface area contributed by atoms with Crippen molar-refractivity contribution in [2.24, 2.45) is 0 Å². The number of carbonyl (C=O) groups excluding carboxylic acids is 3. The number of para-hydroxylation sites is 1. The molecule has 1 aromatic rings. The molecule has 9 nitrogen and oxygen atoms in total. The molecule has 0 saturated carbocycles. The van der Waals surface area contributed by atoms with Crippen molar-refractivity contribution in [1.82, 2.24) is 10.2 Å². The molecule has 136 valence electrons. The molecule has 1 aliphatic rings. The van der Waals surface area contributed by atoms with Gasteiger partial charge in [0.05, 0.1) is 11.9 Å². The Labute approximate surface area is 145 Å². The molecular weight excluding hydrogens is 350 g/mol. The third-order valence-electron chi connectivity index (χ3n) is 3.57. The Morgan fingerprint density at radius 2 is 2.00 bits per heavy atom. The standard InChI is InChI=1S/C15H19N3O6S/c1-11-5-3-4-6-12(11)18(25(2,22)23)9-14(20)24-10-13(19)17-8-7-16-15(17)21/h3-6H,7-10H2,1-2H3,(H,16,21). The van der Waals surface area contributed by atoms with Crippen molar-refractivity contribution in [1.29, 1.82) is 0 Å². The van der Waals surface area contributed by atoms with E-state index in [1.807, 2.05) is 0 Å². The number of hydrogen-bond donors (Lipinski definition) is 1. The lowest BCUT2D eigenvalue weighted by atomic mass is 10.2. The van der Waals surface area contributed by atoms with E-state index in [-0.39, 0.29) is 6.54 Å². The molecule has 0 spiro atoms. The SMILES string of the molecule is Cc1ccccc1N(CC(=O)OCC(=O)N1CCNC1=O)S(C)(=O)=O. The lowest BCUT2D eigenvalue weighted by molar-refractivity contribution is -0.149. The van der Waals surface area contributed by atoms with Gasteiger partial charge in [0.2, 0.25) is 10.0 Å². The zero-order chi connectivity index (χ0) is 18.6. The summed E-state index contributed by atoms with van der Waals surface area (Å²) in [4.78, 5) is 36.1. The molecular formula is C15H19N3O6S. The minimum Gasteiger partial charge on any atom is -0.454 e. The van der Waals surface area contributed by atoms with E-state index >= 15 is 0 Å². The summed E-state index contributed by atoms with van der Waals surface area (Å²) in [5, 5.41) is 2.46. The van der Waals surface area contributed by atoms with Crippen LogP contribution in [-0.4, -0.2) is 63.7 Å². The number of hydrogen-bond acceptors (Lipinski definition) is 6. The highest BCUT2D eigenvalue weighted by Crippen LogP contribution is 2.21. The van der Waals surface area contributed by atoms with Crippen LogP contribution in [0.1, 0.15) is 5.56 Å². The van der Waals surface area contributed by atoms with Crippen molar-refractivity contribution in [3.8, 4) is 0 Å². The summed E-state index contributed by atoms with van der Waals surface area (Å²) < 4.78 is 29.7. The number of carbonyl (C=O) groups is 3. The Balaban J connectivity index is 2.02. The lowest BCUT2D eigenvalue weighted by Gasteiger charge is -2.23. The van der Waals surface area contributed by atoms with Crippen LogP contribution in [0.15, 0.2) is 24.3 Å². The van der Waals surface area contributed by atoms with Crippen molar-refractivity contribution < 1.29 is 27.5 Å². The fourth-order valence-electron chi connectivity index (χ4n) is 2.32. The summed E-state index contributed by atoms with van der Waals surface area (Å²) in [5.41, 5.74) is 1.03. The summed E-state index contributed by atoms with van der Waals surface area (Å²) in [6, 6.07) is 6.15. The van der Waals surface area contributed by atoms with E-state index in [4.69, 9.17) is 4.74 Å². The van der Waals surface area contributed by atoms with E-state index in [0.29, 0.717) is 17.8 Å². The Kier molecular flexibility index (Phi) is 5.62. The van der Waals surface area contributed by atoms with Gasteiger partial charge >= 0.3 is 12.0 Å². The summed E-state index contributed by atoms with van der Waals surface area (Å²) in [6.07, 6.45) is 0.979. The zero-order valence-electron chi connectivity index (χ0n) is 13.9. The Morgan fingerprint density at radius 1 is 1.32 bits per heavy atom. The summed E-state index contributed by atoms with van der Waals surface area (Å²) in [5.74, 6) is -1.55. The molecule has 1 fully saturated rings. The molecule has 3 amide bonds. The second kappa shape index (κ2) is 7.51. The fourth-order valence-corrected chi connectivity index (χ4v) is 3.22. The van der Waals surface area contributed by atoms with Gasteiger partial charge in [-0.2, -0.15) is 0 Å². The maximum Gasteiger partial charge on any atom is 0.327 e. The highest BCUT2D eigenvalue weighted by molar-refractivity contribution is 7.92. The highest BCUT2D eigenvalue weighted by atomic mass is 32.2. The van der Waals surface area contributed by atoms with E-state index in [1.54, 1.807) is 31.2 Å². The predicted molar refractivity (Wildman–Crippen MR) is 89.4 cm³/mol. The van der Waals surface area contributed by atoms with Crippen LogP contribution in [0.25, 0.3) is 0 Å². The average Bonchev–Trinajstić information content (AvgIpc) is 2.96. The van der Waals surface area contributed by atoms with Gasteiger partial charge in [-0.25, -0.2) is 13.2 Å². The topological polar surface area (TPSA) is 113 Å². The van der Waals surface area contributed by atoms with Crippen molar-refractivity contribution >= 4 is 33.6 Å². The zero-order valence-corrected chi connectivity index (χ0v) is 14.7. The van der Waals surface area contributed by atoms with Crippen molar-refractivity contribution in [2.75, 3.05) is 36.8 Å². The van der Waals surface area contributed by atoms with Gasteiger partial charge in [-0.15, -0.1) is 0 Å². The molecule has 0 radical (unpaired) electrons. The molecule has 0 atom stereocenters. The number of imide groups is 1. The van der Waals surface area contributed by atoms with Crippen LogP contribution in [0.4, 0.5) is 10.5 Å². The van der Waals surface area contributed by atoms with E-state index in [1.165, 1.54) is 0 Å². The summed E-state index contributed by atoms with van der Waals surface area (Å²) in [6.45, 7) is 1.07. The molecule has 1 N–H and O–H groups in total. The van der Waals surface area contributed by atoms with Gasteiger partial charge in [0.1, 0.15) is 6.54 Å². The minimum atomic E-state index is -3.73. The first kappa shape index (κ1) is 18.7. The Bertz CT molecular complexity index is 792. The number of ether oxygens (including phenoxy) is 1. The summed E-state index contributed by atoms with van der Waals surface area (Å²) >= 11 is 0. The molecule has 0 bridgehead atoms. The third-order valence-corrected chi connectivity index (χ3v) is 4.70. The first-order valence-corrected chi connectivity index (χ1v) is 9.32. The van der Waals surface area contributed by atoms with Gasteiger partial charge in [0.25, 0.3) is 5.91 Å². The van der Waals surface area contributed by atoms with Gasteiger partial charge in [-0.1, -0.05) is 18.2 Å². The molecule has 1 aromatic carbocycles. The third kappa shape index (κ3) is 4.69. The van der Waals surface area contributed by atoms with Gasteiger partial charge < -0.3 is 10.1 Å². The molecule has 1 saturated heterocycles. The first-order chi connectivity index (χ1) is 11.7. The second-order valence-electron chi connectivity index (χ2n) is 5.49. The number of anilines is 1. The maximum atomic E-state index is 12.0. The number of sulfonamides is 1. The van der Waals surface area contributed by atoms with Gasteiger partial charge in [0, 0.05) is 13.1 Å². The minimum absolute atomic E-state index is 0.202. The van der Waals surface area contributed by atoms with Crippen molar-refractivity contribution in [3.05, 3.63) is 29.8 Å². The number of benzene rings is 1. The number of urea groups is 1. The monoisotopic (exact) mass is 369 g/mol. The quantitative estimate of drug-likeness (QED) is 0.698. The van der Waals surface area contributed by atoms with Crippen LogP contribution < -0.4 is 9.62 Å². The number of rotatable bonds is 6. The molecule has 1 aliphatic heterocycles. The van der Waals surface area contributed by atoms with E-state index in [9.17, 15) is 22.8 Å². The number of esters is 1.